The average molecular weight is 443 g/mol. The molecule has 3 aromatic rings. The molecule has 0 radical (unpaired) electrons. The van der Waals surface area contributed by atoms with E-state index in [4.69, 9.17) is 15.5 Å². The van der Waals surface area contributed by atoms with Crippen LogP contribution in [-0.4, -0.2) is 52.1 Å². The average Bonchev–Trinajstić information content (AvgIpc) is 3.16. The highest BCUT2D eigenvalue weighted by Crippen LogP contribution is 2.35. The highest BCUT2D eigenvalue weighted by Gasteiger charge is 2.28. The third kappa shape index (κ3) is 5.22. The van der Waals surface area contributed by atoms with Crippen molar-refractivity contribution < 1.29 is 13.9 Å². The number of halogens is 1. The van der Waals surface area contributed by atoms with E-state index in [1.54, 1.807) is 29.7 Å². The summed E-state index contributed by atoms with van der Waals surface area (Å²) in [5.41, 5.74) is 7.64. The molecule has 1 fully saturated rings. The molecular weight excluding hydrogens is 419 g/mol. The zero-order chi connectivity index (χ0) is 21.8. The zero-order valence-electron chi connectivity index (χ0n) is 17.0. The Morgan fingerprint density at radius 1 is 1.32 bits per heavy atom. The fourth-order valence-electron chi connectivity index (χ4n) is 3.39. The van der Waals surface area contributed by atoms with Crippen LogP contribution in [0.5, 0.6) is 0 Å². The van der Waals surface area contributed by atoms with E-state index in [0.29, 0.717) is 37.8 Å². The number of carbonyl (C=O) groups is 1. The number of aryl methyl sites for hydroxylation is 1. The number of amides is 1. The number of nitrogens with two attached hydrogens (primary N) is 1. The van der Waals surface area contributed by atoms with Crippen molar-refractivity contribution in [1.82, 2.24) is 19.9 Å². The molecule has 10 heteroatoms. The second-order valence-electron chi connectivity index (χ2n) is 7.21. The standard InChI is InChI=1S/C21H23FN6O2S/c1-13-19(16-6-8-24-21(27-16)26-15-4-2-14(22)3-5-15)31-20(25-13)17-12-30-11-10-28(17)9-7-18(23)29/h2-6,8,17H,7,9-12H2,1H3,(H2,23,29)(H,24,26,27). The fraction of sp³-hybridized carbons (Fsp3) is 0.333. The topological polar surface area (TPSA) is 106 Å². The highest BCUT2D eigenvalue weighted by molar-refractivity contribution is 7.15. The molecule has 1 amide bonds. The first-order chi connectivity index (χ1) is 15.0. The van der Waals surface area contributed by atoms with Crippen molar-refractivity contribution in [2.24, 2.45) is 5.73 Å². The first-order valence-electron chi connectivity index (χ1n) is 9.93. The number of thiazole rings is 1. The number of primary amides is 1. The summed E-state index contributed by atoms with van der Waals surface area (Å²) in [7, 11) is 0. The number of ether oxygens (including phenoxy) is 1. The van der Waals surface area contributed by atoms with E-state index in [-0.39, 0.29) is 17.8 Å². The van der Waals surface area contributed by atoms with Crippen molar-refractivity contribution in [2.75, 3.05) is 31.6 Å². The van der Waals surface area contributed by atoms with Gasteiger partial charge in [-0.2, -0.15) is 0 Å². The van der Waals surface area contributed by atoms with Crippen LogP contribution in [0.4, 0.5) is 16.0 Å². The molecule has 1 unspecified atom stereocenters. The summed E-state index contributed by atoms with van der Waals surface area (Å²) in [6.07, 6.45) is 1.98. The lowest BCUT2D eigenvalue weighted by molar-refractivity contribution is -0.118. The van der Waals surface area contributed by atoms with Gasteiger partial charge in [0, 0.05) is 31.4 Å². The summed E-state index contributed by atoms with van der Waals surface area (Å²) in [5, 5.41) is 4.01. The van der Waals surface area contributed by atoms with Gasteiger partial charge in [-0.3, -0.25) is 9.69 Å². The Morgan fingerprint density at radius 3 is 2.90 bits per heavy atom. The van der Waals surface area contributed by atoms with E-state index >= 15 is 0 Å². The molecule has 2 aromatic heterocycles. The number of hydrogen-bond donors (Lipinski definition) is 2. The van der Waals surface area contributed by atoms with Crippen molar-refractivity contribution >= 4 is 28.9 Å². The minimum atomic E-state index is -0.316. The van der Waals surface area contributed by atoms with Crippen LogP contribution in [0.3, 0.4) is 0 Å². The van der Waals surface area contributed by atoms with Crippen LogP contribution in [0.1, 0.15) is 23.2 Å². The third-order valence-corrected chi connectivity index (χ3v) is 6.25. The minimum absolute atomic E-state index is 0.0239. The van der Waals surface area contributed by atoms with Crippen LogP contribution in [-0.2, 0) is 9.53 Å². The monoisotopic (exact) mass is 442 g/mol. The van der Waals surface area contributed by atoms with Crippen LogP contribution in [0.2, 0.25) is 0 Å². The number of benzene rings is 1. The minimum Gasteiger partial charge on any atom is -0.378 e. The second-order valence-corrected chi connectivity index (χ2v) is 8.24. The van der Waals surface area contributed by atoms with E-state index < -0.39 is 0 Å². The number of hydrogen-bond acceptors (Lipinski definition) is 8. The molecule has 8 nitrogen and oxygen atoms in total. The van der Waals surface area contributed by atoms with E-state index in [1.165, 1.54) is 12.1 Å². The molecule has 1 aromatic carbocycles. The summed E-state index contributed by atoms with van der Waals surface area (Å²) in [4.78, 5) is 28.0. The van der Waals surface area contributed by atoms with Gasteiger partial charge in [0.15, 0.2) is 0 Å². The molecule has 3 heterocycles. The fourth-order valence-corrected chi connectivity index (χ4v) is 4.55. The lowest BCUT2D eigenvalue weighted by Crippen LogP contribution is -2.41. The maximum atomic E-state index is 13.1. The van der Waals surface area contributed by atoms with Crippen molar-refractivity contribution in [2.45, 2.75) is 19.4 Å². The normalized spacial score (nSPS) is 16.9. The number of nitrogens with zero attached hydrogens (tertiary/aromatic N) is 4. The molecule has 162 valence electrons. The number of nitrogens with one attached hydrogen (secondary N) is 1. The Labute approximate surface area is 183 Å². The SMILES string of the molecule is Cc1nc(C2COCCN2CCC(N)=O)sc1-c1ccnc(Nc2ccc(F)cc2)n1. The number of carbonyl (C=O) groups excluding carboxylic acids is 1. The zero-order valence-corrected chi connectivity index (χ0v) is 17.9. The summed E-state index contributed by atoms with van der Waals surface area (Å²) >= 11 is 1.56. The third-order valence-electron chi connectivity index (χ3n) is 4.97. The first-order valence-corrected chi connectivity index (χ1v) is 10.7. The molecule has 1 saturated heterocycles. The molecule has 31 heavy (non-hydrogen) atoms. The Balaban J connectivity index is 1.55. The predicted molar refractivity (Wildman–Crippen MR) is 117 cm³/mol. The van der Waals surface area contributed by atoms with Crippen molar-refractivity contribution in [3.63, 3.8) is 0 Å². The predicted octanol–water partition coefficient (Wildman–Crippen LogP) is 3.04. The van der Waals surface area contributed by atoms with E-state index in [1.807, 2.05) is 13.0 Å². The van der Waals surface area contributed by atoms with Crippen LogP contribution < -0.4 is 11.1 Å². The number of aromatic nitrogens is 3. The van der Waals surface area contributed by atoms with Gasteiger partial charge < -0.3 is 15.8 Å². The van der Waals surface area contributed by atoms with E-state index in [9.17, 15) is 9.18 Å². The summed E-state index contributed by atoms with van der Waals surface area (Å²) in [6.45, 7) is 4.40. The number of rotatable bonds is 7. The van der Waals surface area contributed by atoms with Gasteiger partial charge in [0.05, 0.1) is 35.5 Å². The van der Waals surface area contributed by atoms with Gasteiger partial charge in [-0.25, -0.2) is 19.3 Å². The van der Waals surface area contributed by atoms with Gasteiger partial charge >= 0.3 is 0 Å². The first kappa shape index (κ1) is 21.3. The van der Waals surface area contributed by atoms with Crippen LogP contribution in [0.15, 0.2) is 36.5 Å². The largest absolute Gasteiger partial charge is 0.378 e. The number of anilines is 2. The van der Waals surface area contributed by atoms with Crippen molar-refractivity contribution in [1.29, 1.82) is 0 Å². The van der Waals surface area contributed by atoms with Crippen LogP contribution in [0.25, 0.3) is 10.6 Å². The smallest absolute Gasteiger partial charge is 0.227 e. The van der Waals surface area contributed by atoms with Gasteiger partial charge in [-0.1, -0.05) is 0 Å². The summed E-state index contributed by atoms with van der Waals surface area (Å²) in [5.74, 6) is -0.199. The molecule has 0 aliphatic carbocycles. The van der Waals surface area contributed by atoms with Gasteiger partial charge in [0.2, 0.25) is 11.9 Å². The van der Waals surface area contributed by atoms with Crippen molar-refractivity contribution in [3.05, 3.63) is 53.0 Å². The van der Waals surface area contributed by atoms with Crippen molar-refractivity contribution in [3.8, 4) is 10.6 Å². The Hall–Kier alpha value is -2.95. The molecule has 1 aliphatic rings. The Morgan fingerprint density at radius 2 is 2.13 bits per heavy atom. The number of morpholine rings is 1. The quantitative estimate of drug-likeness (QED) is 0.579. The van der Waals surface area contributed by atoms with E-state index in [0.717, 1.165) is 27.8 Å². The molecule has 0 bridgehead atoms. The molecular formula is C21H23FN6O2S. The Kier molecular flexibility index (Phi) is 6.50. The van der Waals surface area contributed by atoms with Crippen LogP contribution in [0, 0.1) is 12.7 Å². The summed E-state index contributed by atoms with van der Waals surface area (Å²) < 4.78 is 18.8. The molecule has 0 spiro atoms. The molecule has 3 N–H and O–H groups in total. The van der Waals surface area contributed by atoms with Gasteiger partial charge in [-0.15, -0.1) is 11.3 Å². The van der Waals surface area contributed by atoms with Crippen LogP contribution >= 0.6 is 11.3 Å². The maximum absolute atomic E-state index is 13.1. The van der Waals surface area contributed by atoms with Gasteiger partial charge in [0.1, 0.15) is 10.8 Å². The summed E-state index contributed by atoms with van der Waals surface area (Å²) in [6, 6.07) is 7.83. The maximum Gasteiger partial charge on any atom is 0.227 e. The Bertz CT molecular complexity index is 1060. The lowest BCUT2D eigenvalue weighted by atomic mass is 10.2. The molecule has 4 rings (SSSR count). The lowest BCUT2D eigenvalue weighted by Gasteiger charge is -2.34. The second kappa shape index (κ2) is 9.46. The molecule has 1 atom stereocenters. The van der Waals surface area contributed by atoms with Gasteiger partial charge in [0.25, 0.3) is 0 Å². The molecule has 1 aliphatic heterocycles. The highest BCUT2D eigenvalue weighted by atomic mass is 32.1. The van der Waals surface area contributed by atoms with Gasteiger partial charge in [-0.05, 0) is 37.3 Å². The molecule has 0 saturated carbocycles. The van der Waals surface area contributed by atoms with E-state index in [2.05, 4.69) is 20.2 Å².